The van der Waals surface area contributed by atoms with Gasteiger partial charge >= 0.3 is 7.82 Å². The molecule has 4 nitrogen and oxygen atoms in total. The Morgan fingerprint density at radius 1 is 0.478 bits per heavy atom. The molecule has 0 aliphatic rings. The quantitative estimate of drug-likeness (QED) is 0.0512. The molecular formula is C40H86O4P2. The normalized spacial score (nSPS) is 12.7. The molecule has 0 saturated carbocycles. The zero-order chi connectivity index (χ0) is 34.6. The van der Waals surface area contributed by atoms with Crippen molar-refractivity contribution in [1.29, 1.82) is 0 Å². The Hall–Kier alpha value is 0.540. The maximum Gasteiger partial charge on any atom is 0.469 e. The fourth-order valence-electron chi connectivity index (χ4n) is 6.78. The molecule has 6 heteroatoms. The van der Waals surface area contributed by atoms with Gasteiger partial charge in [-0.3, -0.25) is 4.52 Å². The molecule has 2 N–H and O–H groups in total. The molecule has 0 aliphatic carbocycles. The van der Waals surface area contributed by atoms with Crippen LogP contribution >= 0.6 is 17.1 Å². The molecule has 0 bridgehead atoms. The summed E-state index contributed by atoms with van der Waals surface area (Å²) in [5.74, 6) is 0.941. The van der Waals surface area contributed by atoms with E-state index < -0.39 is 7.82 Å². The van der Waals surface area contributed by atoms with Crippen molar-refractivity contribution in [3.05, 3.63) is 0 Å². The van der Waals surface area contributed by atoms with E-state index in [1.54, 1.807) is 0 Å². The van der Waals surface area contributed by atoms with E-state index >= 15 is 0 Å². The summed E-state index contributed by atoms with van der Waals surface area (Å²) in [6.45, 7) is 11.7. The zero-order valence-corrected chi connectivity index (χ0v) is 34.2. The van der Waals surface area contributed by atoms with E-state index in [0.717, 1.165) is 25.2 Å². The summed E-state index contributed by atoms with van der Waals surface area (Å²) in [7, 11) is -0.742. The minimum atomic E-state index is -4.23. The standard InChI is InChI=1S/C32H67P.C8H19O4P/c1-5-9-13-17-18-19-20-21-22-24-28-31(27-23-14-10-6-2)32(33,29-25-15-11-7-3)30-26-16-12-8-4;1-2-3-4-5-6-7-8-12-13(9,10)11/h31H,5-30,33H2,1-4H3;2-8H2,1H3,(H2,9,10,11). The average Bonchev–Trinajstić information content (AvgIpc) is 3.02. The summed E-state index contributed by atoms with van der Waals surface area (Å²) >= 11 is 0. The molecule has 280 valence electrons. The molecule has 0 aliphatic heterocycles. The predicted octanol–water partition coefficient (Wildman–Crippen LogP) is 14.9. The van der Waals surface area contributed by atoms with Crippen LogP contribution in [0.25, 0.3) is 0 Å². The molecule has 0 saturated heterocycles. The minimum absolute atomic E-state index is 0.163. The van der Waals surface area contributed by atoms with E-state index in [2.05, 4.69) is 48.4 Å². The maximum atomic E-state index is 10.2. The topological polar surface area (TPSA) is 66.8 Å². The fraction of sp³-hybridized carbons (Fsp3) is 1.00. The average molecular weight is 693 g/mol. The summed E-state index contributed by atoms with van der Waals surface area (Å²) in [6.07, 6.45) is 44.1. The highest BCUT2D eigenvalue weighted by Crippen LogP contribution is 2.44. The number of rotatable bonds is 35. The Morgan fingerprint density at radius 3 is 1.11 bits per heavy atom. The van der Waals surface area contributed by atoms with Gasteiger partial charge in [-0.2, -0.15) is 0 Å². The van der Waals surface area contributed by atoms with E-state index in [1.807, 2.05) is 0 Å². The smallest absolute Gasteiger partial charge is 0.303 e. The molecule has 0 radical (unpaired) electrons. The van der Waals surface area contributed by atoms with Crippen LogP contribution in [0.15, 0.2) is 0 Å². The number of unbranched alkanes of at least 4 members (excludes halogenated alkanes) is 23. The lowest BCUT2D eigenvalue weighted by Gasteiger charge is -2.39. The number of hydrogen-bond acceptors (Lipinski definition) is 2. The Kier molecular flexibility index (Phi) is 38.9. The summed E-state index contributed by atoms with van der Waals surface area (Å²) in [5, 5.41) is 0.521. The van der Waals surface area contributed by atoms with Crippen LogP contribution in [0.4, 0.5) is 0 Å². The predicted molar refractivity (Wildman–Crippen MR) is 210 cm³/mol. The molecule has 0 rings (SSSR count). The van der Waals surface area contributed by atoms with Crippen LogP contribution in [-0.4, -0.2) is 21.5 Å². The highest BCUT2D eigenvalue weighted by atomic mass is 31.2. The first kappa shape index (κ1) is 48.7. The Morgan fingerprint density at radius 2 is 0.761 bits per heavy atom. The third-order valence-electron chi connectivity index (χ3n) is 9.87. The molecule has 46 heavy (non-hydrogen) atoms. The van der Waals surface area contributed by atoms with Crippen molar-refractivity contribution in [2.45, 2.75) is 245 Å². The lowest BCUT2D eigenvalue weighted by Crippen LogP contribution is -2.32. The molecule has 0 aromatic carbocycles. The Labute approximate surface area is 293 Å². The van der Waals surface area contributed by atoms with Crippen LogP contribution in [0.2, 0.25) is 0 Å². The van der Waals surface area contributed by atoms with Crippen molar-refractivity contribution < 1.29 is 18.9 Å². The second-order valence-corrected chi connectivity index (χ2v) is 16.9. The van der Waals surface area contributed by atoms with Crippen LogP contribution in [0.1, 0.15) is 240 Å². The van der Waals surface area contributed by atoms with Gasteiger partial charge in [0.25, 0.3) is 0 Å². The third-order valence-corrected chi connectivity index (χ3v) is 11.4. The van der Waals surface area contributed by atoms with Crippen LogP contribution in [0.3, 0.4) is 0 Å². The molecule has 0 amide bonds. The summed E-state index contributed by atoms with van der Waals surface area (Å²) < 4.78 is 14.5. The lowest BCUT2D eigenvalue weighted by atomic mass is 9.77. The summed E-state index contributed by atoms with van der Waals surface area (Å²) in [6, 6.07) is 0. The van der Waals surface area contributed by atoms with E-state index in [1.165, 1.54) is 186 Å². The van der Waals surface area contributed by atoms with Gasteiger partial charge in [-0.25, -0.2) is 4.57 Å². The van der Waals surface area contributed by atoms with Gasteiger partial charge in [-0.1, -0.05) is 208 Å². The molecular weight excluding hydrogens is 606 g/mol. The van der Waals surface area contributed by atoms with E-state index in [0.29, 0.717) is 5.16 Å². The van der Waals surface area contributed by atoms with E-state index in [-0.39, 0.29) is 6.61 Å². The first-order valence-corrected chi connectivity index (χ1v) is 22.8. The van der Waals surface area contributed by atoms with Gasteiger partial charge in [-0.15, -0.1) is 9.24 Å². The number of hydrogen-bond donors (Lipinski definition) is 2. The largest absolute Gasteiger partial charge is 0.469 e. The van der Waals surface area contributed by atoms with Crippen LogP contribution in [-0.2, 0) is 9.09 Å². The summed E-state index contributed by atoms with van der Waals surface area (Å²) in [4.78, 5) is 16.7. The monoisotopic (exact) mass is 693 g/mol. The van der Waals surface area contributed by atoms with Gasteiger partial charge in [0.05, 0.1) is 6.61 Å². The van der Waals surface area contributed by atoms with Crippen molar-refractivity contribution in [2.75, 3.05) is 6.61 Å². The highest BCUT2D eigenvalue weighted by Gasteiger charge is 2.32. The number of phosphoric acid groups is 1. The molecule has 2 atom stereocenters. The maximum absolute atomic E-state index is 10.2. The molecule has 0 aromatic rings. The van der Waals surface area contributed by atoms with Gasteiger partial charge in [0.2, 0.25) is 0 Å². The van der Waals surface area contributed by atoms with Crippen molar-refractivity contribution in [2.24, 2.45) is 5.92 Å². The molecule has 0 aromatic heterocycles. The molecule has 0 fully saturated rings. The SMILES string of the molecule is CCCCCCCCCCCCC(CCCCCC)C(P)(CCCCCC)CCCCCC.CCCCCCCCOP(=O)(O)O. The lowest BCUT2D eigenvalue weighted by molar-refractivity contribution is 0.193. The second-order valence-electron chi connectivity index (χ2n) is 14.5. The van der Waals surface area contributed by atoms with E-state index in [9.17, 15) is 4.57 Å². The van der Waals surface area contributed by atoms with Gasteiger partial charge in [0.1, 0.15) is 0 Å². The van der Waals surface area contributed by atoms with Gasteiger partial charge in [0.15, 0.2) is 0 Å². The van der Waals surface area contributed by atoms with Gasteiger partial charge in [0, 0.05) is 0 Å². The van der Waals surface area contributed by atoms with Crippen LogP contribution in [0, 0.1) is 5.92 Å². The molecule has 2 unspecified atom stereocenters. The van der Waals surface area contributed by atoms with Gasteiger partial charge in [-0.05, 0) is 43.2 Å². The van der Waals surface area contributed by atoms with Crippen molar-refractivity contribution in [1.82, 2.24) is 0 Å². The second kappa shape index (κ2) is 36.8. The molecule has 0 spiro atoms. The first-order valence-electron chi connectivity index (χ1n) is 20.7. The minimum Gasteiger partial charge on any atom is -0.303 e. The number of phosphoric ester groups is 1. The van der Waals surface area contributed by atoms with E-state index in [4.69, 9.17) is 9.79 Å². The van der Waals surface area contributed by atoms with Crippen molar-refractivity contribution in [3.63, 3.8) is 0 Å². The fourth-order valence-corrected chi connectivity index (χ4v) is 7.88. The zero-order valence-electron chi connectivity index (χ0n) is 32.1. The molecule has 0 heterocycles. The Bertz CT molecular complexity index is 612. The van der Waals surface area contributed by atoms with Crippen LogP contribution in [0.5, 0.6) is 0 Å². The highest BCUT2D eigenvalue weighted by molar-refractivity contribution is 7.46. The third kappa shape index (κ3) is 35.8. The first-order chi connectivity index (χ1) is 22.2. The van der Waals surface area contributed by atoms with Crippen molar-refractivity contribution >= 4 is 17.1 Å². The summed E-state index contributed by atoms with van der Waals surface area (Å²) in [5.41, 5.74) is 0. The Balaban J connectivity index is 0. The van der Waals surface area contributed by atoms with Crippen molar-refractivity contribution in [3.8, 4) is 0 Å². The van der Waals surface area contributed by atoms with Crippen LogP contribution < -0.4 is 0 Å². The van der Waals surface area contributed by atoms with Gasteiger partial charge < -0.3 is 9.79 Å².